The van der Waals surface area contributed by atoms with E-state index in [1.807, 2.05) is 67.4 Å². The molecule has 9 heteroatoms. The lowest BCUT2D eigenvalue weighted by Crippen LogP contribution is -2.47. The molecule has 34 heavy (non-hydrogen) atoms. The van der Waals surface area contributed by atoms with Crippen LogP contribution in [0.3, 0.4) is 0 Å². The van der Waals surface area contributed by atoms with Gasteiger partial charge in [0.2, 0.25) is 5.91 Å². The van der Waals surface area contributed by atoms with Gasteiger partial charge in [0.15, 0.2) is 0 Å². The number of hydrogen-bond acceptors (Lipinski definition) is 7. The van der Waals surface area contributed by atoms with E-state index in [0.717, 1.165) is 17.7 Å². The van der Waals surface area contributed by atoms with Crippen LogP contribution in [-0.2, 0) is 16.0 Å². The van der Waals surface area contributed by atoms with E-state index in [9.17, 15) is 14.9 Å². The van der Waals surface area contributed by atoms with Crippen LogP contribution in [0.25, 0.3) is 0 Å². The summed E-state index contributed by atoms with van der Waals surface area (Å²) in [6, 6.07) is 18.5. The van der Waals surface area contributed by atoms with E-state index in [4.69, 9.17) is 9.47 Å². The molecule has 1 aliphatic heterocycles. The summed E-state index contributed by atoms with van der Waals surface area (Å²) in [7, 11) is 1.81. The first kappa shape index (κ1) is 23.2. The third-order valence-electron chi connectivity index (χ3n) is 5.79. The highest BCUT2D eigenvalue weighted by Gasteiger charge is 2.25. The number of nitrogens with zero attached hydrogens (tertiary/aromatic N) is 4. The van der Waals surface area contributed by atoms with Gasteiger partial charge >= 0.3 is 0 Å². The van der Waals surface area contributed by atoms with Crippen LogP contribution < -0.4 is 9.64 Å². The number of hydrogen-bond donors (Lipinski definition) is 0. The fourth-order valence-electron chi connectivity index (χ4n) is 3.81. The standard InChI is InChI=1S/C25H26N4O5/c1-3-28(24-13-8-20(15-26-24)29(31)32)19-6-11-23(12-7-19)34-22-9-4-18(5-10-22)14-21-16-33-17-25(30)27(21)2/h4-13,15,21H,3,14,16-17H2,1-2H3. The lowest BCUT2D eigenvalue weighted by atomic mass is 10.0. The molecule has 0 bridgehead atoms. The molecule has 4 rings (SSSR count). The SMILES string of the molecule is CCN(c1ccc(Oc2ccc(CC3COCC(=O)N3C)cc2)cc1)c1ccc([N+](=O)[O-])cn1. The number of ether oxygens (including phenoxy) is 2. The molecule has 0 radical (unpaired) electrons. The number of morpholine rings is 1. The van der Waals surface area contributed by atoms with Crippen LogP contribution in [0.2, 0.25) is 0 Å². The fraction of sp³-hybridized carbons (Fsp3) is 0.280. The molecule has 1 aromatic heterocycles. The minimum atomic E-state index is -0.463. The van der Waals surface area contributed by atoms with Crippen molar-refractivity contribution in [3.63, 3.8) is 0 Å². The van der Waals surface area contributed by atoms with E-state index < -0.39 is 4.92 Å². The highest BCUT2D eigenvalue weighted by atomic mass is 16.6. The zero-order valence-corrected chi connectivity index (χ0v) is 19.1. The summed E-state index contributed by atoms with van der Waals surface area (Å²) < 4.78 is 11.3. The van der Waals surface area contributed by atoms with Gasteiger partial charge < -0.3 is 19.3 Å². The number of anilines is 2. The first-order valence-corrected chi connectivity index (χ1v) is 11.0. The molecule has 2 aromatic carbocycles. The van der Waals surface area contributed by atoms with Gasteiger partial charge in [-0.3, -0.25) is 14.9 Å². The van der Waals surface area contributed by atoms with Crippen LogP contribution >= 0.6 is 0 Å². The van der Waals surface area contributed by atoms with Crippen LogP contribution in [0.4, 0.5) is 17.2 Å². The minimum absolute atomic E-state index is 0.00523. The van der Waals surface area contributed by atoms with Crippen molar-refractivity contribution >= 4 is 23.1 Å². The Morgan fingerprint density at radius 3 is 2.38 bits per heavy atom. The summed E-state index contributed by atoms with van der Waals surface area (Å²) in [6.45, 7) is 3.33. The van der Waals surface area contributed by atoms with Crippen LogP contribution in [0.5, 0.6) is 11.5 Å². The van der Waals surface area contributed by atoms with Crippen LogP contribution in [0, 0.1) is 10.1 Å². The van der Waals surface area contributed by atoms with E-state index in [2.05, 4.69) is 4.98 Å². The van der Waals surface area contributed by atoms with E-state index in [1.54, 1.807) is 11.0 Å². The highest BCUT2D eigenvalue weighted by molar-refractivity contribution is 5.78. The van der Waals surface area contributed by atoms with Crippen molar-refractivity contribution in [1.82, 2.24) is 9.88 Å². The monoisotopic (exact) mass is 462 g/mol. The van der Waals surface area contributed by atoms with Crippen LogP contribution in [0.15, 0.2) is 66.9 Å². The Kier molecular flexibility index (Phi) is 7.03. The van der Waals surface area contributed by atoms with Gasteiger partial charge in [-0.15, -0.1) is 0 Å². The molecule has 1 amide bonds. The van der Waals surface area contributed by atoms with E-state index in [-0.39, 0.29) is 24.2 Å². The molecule has 2 heterocycles. The smallest absolute Gasteiger partial charge is 0.287 e. The molecule has 0 spiro atoms. The topological polar surface area (TPSA) is 98.0 Å². The second-order valence-corrected chi connectivity index (χ2v) is 7.99. The van der Waals surface area contributed by atoms with Gasteiger partial charge in [0.25, 0.3) is 5.69 Å². The summed E-state index contributed by atoms with van der Waals surface area (Å²) in [5.41, 5.74) is 1.97. The number of amides is 1. The molecular weight excluding hydrogens is 436 g/mol. The fourth-order valence-corrected chi connectivity index (χ4v) is 3.81. The van der Waals surface area contributed by atoms with Crippen LogP contribution in [-0.4, -0.2) is 53.6 Å². The predicted octanol–water partition coefficient (Wildman–Crippen LogP) is 4.34. The second kappa shape index (κ2) is 10.3. The average Bonchev–Trinajstić information content (AvgIpc) is 2.85. The predicted molar refractivity (Wildman–Crippen MR) is 128 cm³/mol. The molecular formula is C25H26N4O5. The van der Waals surface area contributed by atoms with Gasteiger partial charge in [0.1, 0.15) is 30.1 Å². The number of nitro groups is 1. The summed E-state index contributed by atoms with van der Waals surface area (Å²) in [5, 5.41) is 10.9. The molecule has 1 fully saturated rings. The number of pyridine rings is 1. The third kappa shape index (κ3) is 5.32. The molecule has 1 unspecified atom stereocenters. The Morgan fingerprint density at radius 2 is 1.79 bits per heavy atom. The molecule has 0 N–H and O–H groups in total. The molecule has 3 aromatic rings. The summed E-state index contributed by atoms with van der Waals surface area (Å²) in [5.74, 6) is 2.04. The molecule has 176 valence electrons. The Morgan fingerprint density at radius 1 is 1.12 bits per heavy atom. The van der Waals surface area contributed by atoms with Gasteiger partial charge in [-0.25, -0.2) is 4.98 Å². The average molecular weight is 463 g/mol. The maximum Gasteiger partial charge on any atom is 0.287 e. The van der Waals surface area contributed by atoms with Crippen molar-refractivity contribution in [2.75, 3.05) is 31.7 Å². The van der Waals surface area contributed by atoms with Crippen molar-refractivity contribution in [2.45, 2.75) is 19.4 Å². The lowest BCUT2D eigenvalue weighted by Gasteiger charge is -2.32. The summed E-state index contributed by atoms with van der Waals surface area (Å²) in [6.07, 6.45) is 1.98. The van der Waals surface area contributed by atoms with E-state index in [1.165, 1.54) is 12.3 Å². The molecule has 0 aliphatic carbocycles. The zero-order chi connectivity index (χ0) is 24.1. The van der Waals surface area contributed by atoms with Gasteiger partial charge in [-0.05, 0) is 61.4 Å². The Bertz CT molecular complexity index is 1130. The Labute approximate surface area is 197 Å². The molecule has 1 saturated heterocycles. The van der Waals surface area contributed by atoms with E-state index in [0.29, 0.717) is 30.5 Å². The molecule has 0 saturated carbocycles. The molecule has 9 nitrogen and oxygen atoms in total. The first-order valence-electron chi connectivity index (χ1n) is 11.0. The Hall–Kier alpha value is -3.98. The first-order chi connectivity index (χ1) is 16.4. The minimum Gasteiger partial charge on any atom is -0.457 e. The van der Waals surface area contributed by atoms with Gasteiger partial charge in [0.05, 0.1) is 17.6 Å². The van der Waals surface area contributed by atoms with E-state index >= 15 is 0 Å². The number of carbonyl (C=O) groups excluding carboxylic acids is 1. The normalized spacial score (nSPS) is 15.8. The second-order valence-electron chi connectivity index (χ2n) is 7.99. The molecule has 1 atom stereocenters. The van der Waals surface area contributed by atoms with Gasteiger partial charge in [-0.2, -0.15) is 0 Å². The maximum atomic E-state index is 11.8. The summed E-state index contributed by atoms with van der Waals surface area (Å²) in [4.78, 5) is 30.1. The quantitative estimate of drug-likeness (QED) is 0.363. The van der Waals surface area contributed by atoms with Crippen molar-refractivity contribution in [1.29, 1.82) is 0 Å². The summed E-state index contributed by atoms with van der Waals surface area (Å²) >= 11 is 0. The van der Waals surface area contributed by atoms with Crippen LogP contribution in [0.1, 0.15) is 12.5 Å². The van der Waals surface area contributed by atoms with Gasteiger partial charge in [-0.1, -0.05) is 12.1 Å². The lowest BCUT2D eigenvalue weighted by molar-refractivity contribution is -0.385. The highest BCUT2D eigenvalue weighted by Crippen LogP contribution is 2.29. The van der Waals surface area contributed by atoms with Crippen molar-refractivity contribution in [2.24, 2.45) is 0 Å². The zero-order valence-electron chi connectivity index (χ0n) is 19.1. The van der Waals surface area contributed by atoms with Crippen molar-refractivity contribution < 1.29 is 19.2 Å². The number of carbonyl (C=O) groups is 1. The number of likely N-dealkylation sites (N-methyl/N-ethyl adjacent to an activating group) is 1. The van der Waals surface area contributed by atoms with Gasteiger partial charge in [0, 0.05) is 25.3 Å². The maximum absolute atomic E-state index is 11.8. The largest absolute Gasteiger partial charge is 0.457 e. The number of aromatic nitrogens is 1. The molecule has 1 aliphatic rings. The number of rotatable bonds is 8. The Balaban J connectivity index is 1.39. The van der Waals surface area contributed by atoms with Crippen molar-refractivity contribution in [3.8, 4) is 11.5 Å². The number of benzene rings is 2. The third-order valence-corrected chi connectivity index (χ3v) is 5.79. The van der Waals surface area contributed by atoms with Crippen molar-refractivity contribution in [3.05, 3.63) is 82.5 Å².